The number of unbranched alkanes of at least 4 members (excludes halogenated alkanes) is 1. The van der Waals surface area contributed by atoms with E-state index < -0.39 is 0 Å². The van der Waals surface area contributed by atoms with Crippen molar-refractivity contribution in [1.29, 1.82) is 5.26 Å². The summed E-state index contributed by atoms with van der Waals surface area (Å²) in [5.41, 5.74) is 3.11. The molecule has 0 unspecified atom stereocenters. The topological polar surface area (TPSA) is 94.9 Å². The van der Waals surface area contributed by atoms with Crippen molar-refractivity contribution in [3.8, 4) is 17.2 Å². The van der Waals surface area contributed by atoms with Crippen LogP contribution in [0.25, 0.3) is 21.3 Å². The minimum absolute atomic E-state index is 0.0750. The summed E-state index contributed by atoms with van der Waals surface area (Å²) >= 11 is 1.48. The number of amides is 2. The van der Waals surface area contributed by atoms with Gasteiger partial charge in [-0.2, -0.15) is 5.26 Å². The normalized spacial score (nSPS) is 10.4. The number of carbonyl (C=O) groups is 2. The molecule has 0 aliphatic carbocycles. The second kappa shape index (κ2) is 9.62. The van der Waals surface area contributed by atoms with Crippen molar-refractivity contribution < 1.29 is 9.59 Å². The van der Waals surface area contributed by atoms with E-state index in [0.717, 1.165) is 21.3 Å². The molecule has 0 aliphatic rings. The Morgan fingerprint density at radius 1 is 1.04 bits per heavy atom. The molecule has 2 amide bonds. The van der Waals surface area contributed by atoms with E-state index >= 15 is 0 Å². The van der Waals surface area contributed by atoms with Gasteiger partial charge in [-0.3, -0.25) is 9.59 Å². The number of nitriles is 1. The molecule has 0 bridgehead atoms. The van der Waals surface area contributed by atoms with E-state index in [1.165, 1.54) is 11.3 Å². The summed E-state index contributed by atoms with van der Waals surface area (Å²) in [6.45, 7) is 0.359. The van der Waals surface area contributed by atoms with Crippen LogP contribution in [0.4, 0.5) is 0 Å². The molecular formula is C21H20N4O2S. The van der Waals surface area contributed by atoms with Crippen LogP contribution in [-0.4, -0.2) is 29.9 Å². The van der Waals surface area contributed by atoms with Gasteiger partial charge in [0.25, 0.3) is 0 Å². The molecule has 142 valence electrons. The zero-order chi connectivity index (χ0) is 19.8. The predicted octanol–water partition coefficient (Wildman–Crippen LogP) is 3.04. The zero-order valence-electron chi connectivity index (χ0n) is 15.3. The van der Waals surface area contributed by atoms with E-state index in [4.69, 9.17) is 5.26 Å². The van der Waals surface area contributed by atoms with Crippen LogP contribution < -0.4 is 10.6 Å². The van der Waals surface area contributed by atoms with Gasteiger partial charge in [0.1, 0.15) is 5.01 Å². The molecule has 0 aliphatic heterocycles. The number of aromatic nitrogens is 1. The van der Waals surface area contributed by atoms with Gasteiger partial charge in [-0.15, -0.1) is 11.3 Å². The van der Waals surface area contributed by atoms with Crippen molar-refractivity contribution in [2.75, 3.05) is 13.1 Å². The largest absolute Gasteiger partial charge is 0.355 e. The first-order valence-corrected chi connectivity index (χ1v) is 9.82. The molecule has 3 aromatic rings. The van der Waals surface area contributed by atoms with Gasteiger partial charge in [-0.1, -0.05) is 36.4 Å². The van der Waals surface area contributed by atoms with Crippen molar-refractivity contribution in [2.45, 2.75) is 19.3 Å². The molecule has 0 saturated heterocycles. The molecule has 0 spiro atoms. The predicted molar refractivity (Wildman–Crippen MR) is 110 cm³/mol. The minimum atomic E-state index is -0.261. The number of benzene rings is 2. The molecule has 6 nitrogen and oxygen atoms in total. The fourth-order valence-corrected chi connectivity index (χ4v) is 3.70. The lowest BCUT2D eigenvalue weighted by atomic mass is 10.1. The number of carbonyl (C=O) groups excluding carboxylic acids is 2. The summed E-state index contributed by atoms with van der Waals surface area (Å²) < 4.78 is 1.03. The third kappa shape index (κ3) is 5.38. The van der Waals surface area contributed by atoms with Crippen LogP contribution in [0.2, 0.25) is 0 Å². The van der Waals surface area contributed by atoms with Crippen molar-refractivity contribution in [2.24, 2.45) is 0 Å². The summed E-state index contributed by atoms with van der Waals surface area (Å²) in [7, 11) is 0. The summed E-state index contributed by atoms with van der Waals surface area (Å²) in [6.07, 6.45) is 1.14. The third-order valence-corrected chi connectivity index (χ3v) is 5.10. The summed E-state index contributed by atoms with van der Waals surface area (Å²) in [6, 6.07) is 18.2. The molecule has 2 aromatic carbocycles. The molecule has 0 atom stereocenters. The highest BCUT2D eigenvalue weighted by Gasteiger charge is 2.11. The number of hydrogen-bond donors (Lipinski definition) is 2. The molecule has 1 aromatic heterocycles. The van der Waals surface area contributed by atoms with E-state index in [9.17, 15) is 9.59 Å². The smallest absolute Gasteiger partial charge is 0.239 e. The van der Waals surface area contributed by atoms with Gasteiger partial charge in [0.15, 0.2) is 0 Å². The van der Waals surface area contributed by atoms with E-state index in [1.807, 2.05) is 36.4 Å². The average Bonchev–Trinajstić information content (AvgIpc) is 3.11. The Bertz CT molecular complexity index is 1010. The maximum absolute atomic E-state index is 12.1. The minimum Gasteiger partial charge on any atom is -0.355 e. The Balaban J connectivity index is 1.55. The molecule has 7 heteroatoms. The average molecular weight is 392 g/mol. The van der Waals surface area contributed by atoms with Crippen molar-refractivity contribution >= 4 is 33.4 Å². The molecule has 0 saturated carbocycles. The van der Waals surface area contributed by atoms with Crippen LogP contribution in [0.3, 0.4) is 0 Å². The van der Waals surface area contributed by atoms with Gasteiger partial charge < -0.3 is 10.6 Å². The van der Waals surface area contributed by atoms with E-state index in [1.54, 1.807) is 0 Å². The van der Waals surface area contributed by atoms with Crippen LogP contribution in [0.5, 0.6) is 0 Å². The number of thiazole rings is 1. The maximum atomic E-state index is 12.1. The highest BCUT2D eigenvalue weighted by atomic mass is 32.1. The molecule has 2 N–H and O–H groups in total. The van der Waals surface area contributed by atoms with Crippen molar-refractivity contribution in [3.63, 3.8) is 0 Å². The second-order valence-corrected chi connectivity index (χ2v) is 7.34. The molecule has 3 rings (SSSR count). The van der Waals surface area contributed by atoms with Crippen molar-refractivity contribution in [1.82, 2.24) is 15.6 Å². The Morgan fingerprint density at radius 2 is 1.86 bits per heavy atom. The summed E-state index contributed by atoms with van der Waals surface area (Å²) in [5, 5.41) is 14.4. The second-order valence-electron chi connectivity index (χ2n) is 6.22. The summed E-state index contributed by atoms with van der Waals surface area (Å²) in [5.74, 6) is -0.502. The number of hydrogen-bond acceptors (Lipinski definition) is 5. The van der Waals surface area contributed by atoms with E-state index in [2.05, 4.69) is 33.8 Å². The highest BCUT2D eigenvalue weighted by Crippen LogP contribution is 2.28. The fourth-order valence-electron chi connectivity index (χ4n) is 2.69. The van der Waals surface area contributed by atoms with Gasteiger partial charge in [-0.05, 0) is 29.7 Å². The third-order valence-electron chi connectivity index (χ3n) is 4.09. The van der Waals surface area contributed by atoms with E-state index in [0.29, 0.717) is 24.4 Å². The molecule has 0 fully saturated rings. The molecular weight excluding hydrogens is 372 g/mol. The SMILES string of the molecule is N#CCCCNC(=O)CNC(=O)Cc1nc2ccc(-c3ccccc3)cc2s1. The van der Waals surface area contributed by atoms with Crippen LogP contribution >= 0.6 is 11.3 Å². The lowest BCUT2D eigenvalue weighted by Gasteiger charge is -2.05. The number of rotatable bonds is 8. The van der Waals surface area contributed by atoms with Gasteiger partial charge in [-0.25, -0.2) is 4.98 Å². The van der Waals surface area contributed by atoms with Gasteiger partial charge in [0.2, 0.25) is 11.8 Å². The van der Waals surface area contributed by atoms with Gasteiger partial charge in [0.05, 0.1) is 29.3 Å². The lowest BCUT2D eigenvalue weighted by Crippen LogP contribution is -2.37. The molecule has 0 radical (unpaired) electrons. The number of nitrogens with one attached hydrogen (secondary N) is 2. The molecule has 1 heterocycles. The van der Waals surface area contributed by atoms with Gasteiger partial charge >= 0.3 is 0 Å². The van der Waals surface area contributed by atoms with Crippen LogP contribution in [0, 0.1) is 11.3 Å². The molecule has 28 heavy (non-hydrogen) atoms. The number of fused-ring (bicyclic) bond motifs is 1. The standard InChI is InChI=1S/C21H20N4O2S/c22-10-4-5-11-23-20(27)14-24-19(26)13-21-25-17-9-8-16(12-18(17)28-21)15-6-2-1-3-7-15/h1-3,6-9,12H,4-5,11,13-14H2,(H,23,27)(H,24,26). The summed E-state index contributed by atoms with van der Waals surface area (Å²) in [4.78, 5) is 28.3. The first-order valence-electron chi connectivity index (χ1n) is 9.01. The lowest BCUT2D eigenvalue weighted by molar-refractivity contribution is -0.125. The quantitative estimate of drug-likeness (QED) is 0.576. The van der Waals surface area contributed by atoms with Crippen LogP contribution in [0.1, 0.15) is 17.8 Å². The monoisotopic (exact) mass is 392 g/mol. The van der Waals surface area contributed by atoms with Gasteiger partial charge in [0, 0.05) is 13.0 Å². The first-order chi connectivity index (χ1) is 13.7. The number of nitrogens with zero attached hydrogens (tertiary/aromatic N) is 2. The zero-order valence-corrected chi connectivity index (χ0v) is 16.1. The first kappa shape index (κ1) is 19.5. The maximum Gasteiger partial charge on any atom is 0.239 e. The van der Waals surface area contributed by atoms with Crippen LogP contribution in [-0.2, 0) is 16.0 Å². The Morgan fingerprint density at radius 3 is 2.64 bits per heavy atom. The van der Waals surface area contributed by atoms with E-state index in [-0.39, 0.29) is 24.8 Å². The Labute approximate surface area is 167 Å². The van der Waals surface area contributed by atoms with Crippen molar-refractivity contribution in [3.05, 3.63) is 53.5 Å². The van der Waals surface area contributed by atoms with Crippen LogP contribution in [0.15, 0.2) is 48.5 Å². The fraction of sp³-hybridized carbons (Fsp3) is 0.238. The Hall–Kier alpha value is -3.24. The Kier molecular flexibility index (Phi) is 6.71. The highest BCUT2D eigenvalue weighted by molar-refractivity contribution is 7.18.